The number of carbonyl (C=O) groups excluding carboxylic acids is 2. The van der Waals surface area contributed by atoms with Crippen LogP contribution in [0.1, 0.15) is 30.4 Å². The van der Waals surface area contributed by atoms with Gasteiger partial charge >= 0.3 is 0 Å². The van der Waals surface area contributed by atoms with Crippen LogP contribution >= 0.6 is 0 Å². The van der Waals surface area contributed by atoms with Crippen molar-refractivity contribution in [1.29, 1.82) is 0 Å². The van der Waals surface area contributed by atoms with Gasteiger partial charge in [0.25, 0.3) is 5.91 Å². The summed E-state index contributed by atoms with van der Waals surface area (Å²) in [5, 5.41) is 9.49. The van der Waals surface area contributed by atoms with E-state index in [1.165, 1.54) is 0 Å². The number of nitrogens with two attached hydrogens (primary N) is 1. The molecule has 8 heteroatoms. The van der Waals surface area contributed by atoms with Gasteiger partial charge in [-0.15, -0.1) is 0 Å². The summed E-state index contributed by atoms with van der Waals surface area (Å²) in [4.78, 5) is 27.5. The van der Waals surface area contributed by atoms with Gasteiger partial charge < -0.3 is 26.4 Å². The fourth-order valence-corrected chi connectivity index (χ4v) is 3.30. The summed E-state index contributed by atoms with van der Waals surface area (Å²) in [7, 11) is 0. The minimum absolute atomic E-state index is 0.0233. The van der Waals surface area contributed by atoms with E-state index >= 15 is 0 Å². The molecule has 158 valence electrons. The van der Waals surface area contributed by atoms with Crippen LogP contribution in [0.4, 0.5) is 5.69 Å². The Labute approximate surface area is 175 Å². The number of hydrogen-bond donors (Lipinski definition) is 4. The zero-order valence-corrected chi connectivity index (χ0v) is 17.0. The van der Waals surface area contributed by atoms with Crippen LogP contribution in [-0.4, -0.2) is 37.5 Å². The molecule has 8 nitrogen and oxygen atoms in total. The molecule has 1 aliphatic rings. The molecule has 1 unspecified atom stereocenters. The van der Waals surface area contributed by atoms with Crippen molar-refractivity contribution in [2.45, 2.75) is 25.8 Å². The van der Waals surface area contributed by atoms with Crippen LogP contribution in [0.25, 0.3) is 0 Å². The number of ether oxygens (including phenoxy) is 1. The van der Waals surface area contributed by atoms with E-state index in [-0.39, 0.29) is 18.4 Å². The number of para-hydroxylation sites is 1. The molecule has 1 aliphatic heterocycles. The van der Waals surface area contributed by atoms with E-state index in [2.05, 4.69) is 20.9 Å². The van der Waals surface area contributed by atoms with Gasteiger partial charge in [-0.3, -0.25) is 9.59 Å². The van der Waals surface area contributed by atoms with Gasteiger partial charge in [-0.1, -0.05) is 30.3 Å². The van der Waals surface area contributed by atoms with Gasteiger partial charge in [0.2, 0.25) is 5.91 Å². The molecule has 2 amide bonds. The lowest BCUT2D eigenvalue weighted by atomic mass is 9.90. The van der Waals surface area contributed by atoms with Crippen molar-refractivity contribution in [3.05, 3.63) is 59.7 Å². The van der Waals surface area contributed by atoms with Crippen LogP contribution in [0, 0.1) is 0 Å². The van der Waals surface area contributed by atoms with Crippen molar-refractivity contribution >= 4 is 23.5 Å². The summed E-state index contributed by atoms with van der Waals surface area (Å²) in [6, 6.07) is 15.3. The zero-order chi connectivity index (χ0) is 21.3. The molecule has 2 aromatic rings. The number of primary amides is 1. The van der Waals surface area contributed by atoms with Crippen molar-refractivity contribution < 1.29 is 14.3 Å². The quantitative estimate of drug-likeness (QED) is 0.391. The van der Waals surface area contributed by atoms with E-state index in [1.807, 2.05) is 49.4 Å². The van der Waals surface area contributed by atoms with Crippen molar-refractivity contribution in [2.24, 2.45) is 10.7 Å². The second kappa shape index (κ2) is 10.3. The first-order valence-electron chi connectivity index (χ1n) is 9.96. The molecule has 0 spiro atoms. The number of rotatable bonds is 8. The number of aliphatic imine (C=N–C) groups is 1. The Balaban J connectivity index is 1.64. The van der Waals surface area contributed by atoms with Gasteiger partial charge in [0.15, 0.2) is 12.6 Å². The number of nitrogens with zero attached hydrogens (tertiary/aromatic N) is 1. The Morgan fingerprint density at radius 3 is 2.87 bits per heavy atom. The molecule has 5 N–H and O–H groups in total. The second-order valence-electron chi connectivity index (χ2n) is 7.01. The highest BCUT2D eigenvalue weighted by Gasteiger charge is 2.24. The Kier molecular flexibility index (Phi) is 7.26. The second-order valence-corrected chi connectivity index (χ2v) is 7.01. The Morgan fingerprint density at radius 2 is 2.07 bits per heavy atom. The summed E-state index contributed by atoms with van der Waals surface area (Å²) in [5.41, 5.74) is 8.05. The molecular formula is C22H27N5O3. The van der Waals surface area contributed by atoms with Crippen LogP contribution in [0.3, 0.4) is 0 Å². The Bertz CT molecular complexity index is 928. The normalized spacial score (nSPS) is 15.7. The molecular weight excluding hydrogens is 382 g/mol. The number of hydrogen-bond acceptors (Lipinski definition) is 4. The van der Waals surface area contributed by atoms with Crippen molar-refractivity contribution in [1.82, 2.24) is 10.6 Å². The third-order valence-corrected chi connectivity index (χ3v) is 4.67. The number of benzene rings is 2. The lowest BCUT2D eigenvalue weighted by Gasteiger charge is -2.26. The van der Waals surface area contributed by atoms with Gasteiger partial charge in [0, 0.05) is 31.1 Å². The molecule has 0 aliphatic carbocycles. The van der Waals surface area contributed by atoms with E-state index in [0.717, 1.165) is 23.4 Å². The Morgan fingerprint density at radius 1 is 1.23 bits per heavy atom. The highest BCUT2D eigenvalue weighted by Crippen LogP contribution is 2.31. The SMILES string of the molecule is CCNC(=NCc1cccc(OCC(N)=O)c1)NCC1CC(=O)Nc2ccccc21. The van der Waals surface area contributed by atoms with Crippen LogP contribution in [0.2, 0.25) is 0 Å². The van der Waals surface area contributed by atoms with Gasteiger partial charge in [0.05, 0.1) is 6.54 Å². The largest absolute Gasteiger partial charge is 0.484 e. The lowest BCUT2D eigenvalue weighted by Crippen LogP contribution is -2.40. The molecule has 0 radical (unpaired) electrons. The third-order valence-electron chi connectivity index (χ3n) is 4.67. The fraction of sp³-hybridized carbons (Fsp3) is 0.318. The topological polar surface area (TPSA) is 118 Å². The van der Waals surface area contributed by atoms with Gasteiger partial charge in [-0.2, -0.15) is 0 Å². The van der Waals surface area contributed by atoms with E-state index in [0.29, 0.717) is 31.2 Å². The van der Waals surface area contributed by atoms with E-state index in [4.69, 9.17) is 10.5 Å². The molecule has 30 heavy (non-hydrogen) atoms. The first kappa shape index (κ1) is 21.2. The molecule has 2 aromatic carbocycles. The number of amides is 2. The number of carbonyl (C=O) groups is 2. The molecule has 3 rings (SSSR count). The van der Waals surface area contributed by atoms with Gasteiger partial charge in [-0.05, 0) is 36.2 Å². The first-order chi connectivity index (χ1) is 14.5. The average molecular weight is 409 g/mol. The number of nitrogens with one attached hydrogen (secondary N) is 3. The molecule has 0 aromatic heterocycles. The van der Waals surface area contributed by atoms with E-state index in [9.17, 15) is 9.59 Å². The van der Waals surface area contributed by atoms with Crippen LogP contribution in [-0.2, 0) is 16.1 Å². The average Bonchev–Trinajstić information content (AvgIpc) is 2.74. The zero-order valence-electron chi connectivity index (χ0n) is 17.0. The van der Waals surface area contributed by atoms with E-state index in [1.54, 1.807) is 6.07 Å². The maximum absolute atomic E-state index is 12.0. The summed E-state index contributed by atoms with van der Waals surface area (Å²) >= 11 is 0. The molecule has 0 fully saturated rings. The summed E-state index contributed by atoms with van der Waals surface area (Å²) in [6.45, 7) is 3.59. The number of anilines is 1. The van der Waals surface area contributed by atoms with Crippen molar-refractivity contribution in [3.8, 4) is 5.75 Å². The summed E-state index contributed by atoms with van der Waals surface area (Å²) < 4.78 is 5.34. The summed E-state index contributed by atoms with van der Waals surface area (Å²) in [6.07, 6.45) is 0.433. The highest BCUT2D eigenvalue weighted by molar-refractivity contribution is 5.94. The Hall–Kier alpha value is -3.55. The molecule has 0 saturated carbocycles. The van der Waals surface area contributed by atoms with Gasteiger partial charge in [0.1, 0.15) is 5.75 Å². The minimum Gasteiger partial charge on any atom is -0.484 e. The molecule has 1 heterocycles. The number of fused-ring (bicyclic) bond motifs is 1. The van der Waals surface area contributed by atoms with Gasteiger partial charge in [-0.25, -0.2) is 4.99 Å². The monoisotopic (exact) mass is 409 g/mol. The van der Waals surface area contributed by atoms with Crippen LogP contribution in [0.15, 0.2) is 53.5 Å². The molecule has 0 saturated heterocycles. The minimum atomic E-state index is -0.518. The maximum Gasteiger partial charge on any atom is 0.255 e. The predicted molar refractivity (Wildman–Crippen MR) is 116 cm³/mol. The van der Waals surface area contributed by atoms with Crippen molar-refractivity contribution in [3.63, 3.8) is 0 Å². The van der Waals surface area contributed by atoms with Crippen LogP contribution in [0.5, 0.6) is 5.75 Å². The van der Waals surface area contributed by atoms with E-state index < -0.39 is 5.91 Å². The highest BCUT2D eigenvalue weighted by atomic mass is 16.5. The molecule has 1 atom stereocenters. The lowest BCUT2D eigenvalue weighted by molar-refractivity contribution is -0.120. The summed E-state index contributed by atoms with van der Waals surface area (Å²) in [5.74, 6) is 0.822. The van der Waals surface area contributed by atoms with Crippen molar-refractivity contribution in [2.75, 3.05) is 25.0 Å². The van der Waals surface area contributed by atoms with Crippen LogP contribution < -0.4 is 26.4 Å². The maximum atomic E-state index is 12.0. The number of guanidine groups is 1. The third kappa shape index (κ3) is 5.97. The standard InChI is InChI=1S/C22H27N5O3/c1-2-24-22(25-12-15-6-5-7-17(10-15)30-14-20(23)28)26-13-16-11-21(29)27-19-9-4-3-8-18(16)19/h3-10,16H,2,11-14H2,1H3,(H2,23,28)(H,27,29)(H2,24,25,26). The predicted octanol–water partition coefficient (Wildman–Crippen LogP) is 1.73. The molecule has 0 bridgehead atoms. The first-order valence-corrected chi connectivity index (χ1v) is 9.96. The fourth-order valence-electron chi connectivity index (χ4n) is 3.30. The smallest absolute Gasteiger partial charge is 0.255 e.